The van der Waals surface area contributed by atoms with Crippen molar-refractivity contribution < 1.29 is 26.5 Å². The minimum absolute atomic E-state index is 0. The molecule has 0 aromatic heterocycles. The van der Waals surface area contributed by atoms with Crippen molar-refractivity contribution in [2.75, 3.05) is 52.6 Å². The predicted molar refractivity (Wildman–Crippen MR) is 98.7 cm³/mol. The summed E-state index contributed by atoms with van der Waals surface area (Å²) in [5.74, 6) is 1.84. The summed E-state index contributed by atoms with van der Waals surface area (Å²) in [7, 11) is 4.12. The van der Waals surface area contributed by atoms with Crippen LogP contribution in [0.5, 0.6) is 0 Å². The minimum Gasteiger partial charge on any atom is -1.00 e. The van der Waals surface area contributed by atoms with Crippen LogP contribution in [0.3, 0.4) is 0 Å². The monoisotopic (exact) mass is 385 g/mol. The quantitative estimate of drug-likeness (QED) is 0.452. The molecule has 1 N–H and O–H groups in total. The highest BCUT2D eigenvalue weighted by Crippen LogP contribution is 2.11. The molecule has 1 fully saturated rings. The number of quaternary nitrogens is 1. The number of nitrogens with one attached hydrogen (secondary N) is 1. The third kappa shape index (κ3) is 8.12. The largest absolute Gasteiger partial charge is 1.00 e. The van der Waals surface area contributed by atoms with Gasteiger partial charge in [-0.3, -0.25) is 9.59 Å². The molecule has 140 valence electrons. The van der Waals surface area contributed by atoms with Crippen LogP contribution >= 0.6 is 11.8 Å². The van der Waals surface area contributed by atoms with Crippen LogP contribution in [0.25, 0.3) is 0 Å². The molecule has 25 heavy (non-hydrogen) atoms. The molecule has 0 bridgehead atoms. The van der Waals surface area contributed by atoms with E-state index >= 15 is 0 Å². The molecule has 1 aromatic carbocycles. The van der Waals surface area contributed by atoms with E-state index in [0.29, 0.717) is 24.1 Å². The van der Waals surface area contributed by atoms with E-state index in [1.165, 1.54) is 5.56 Å². The molecule has 0 saturated carbocycles. The number of carbonyl (C=O) groups excluding carboxylic acids is 2. The second-order valence-corrected chi connectivity index (χ2v) is 7.98. The summed E-state index contributed by atoms with van der Waals surface area (Å²) in [4.78, 5) is 26.0. The molecule has 0 aliphatic carbocycles. The van der Waals surface area contributed by atoms with Crippen molar-refractivity contribution in [3.05, 3.63) is 35.9 Å². The Labute approximate surface area is 161 Å². The van der Waals surface area contributed by atoms with Crippen LogP contribution in [-0.2, 0) is 15.3 Å². The SMILES string of the molecule is C[N+]1(C)CCCN(CC(=O)NCCSCc2ccccc2)C(=O)C1.[Cl-]. The maximum Gasteiger partial charge on any atom is 0.278 e. The molecule has 1 aliphatic heterocycles. The van der Waals surface area contributed by atoms with Gasteiger partial charge in [-0.05, 0) is 5.56 Å². The smallest absolute Gasteiger partial charge is 0.278 e. The molecule has 1 saturated heterocycles. The van der Waals surface area contributed by atoms with E-state index in [1.54, 1.807) is 16.7 Å². The number of hydrogen-bond donors (Lipinski definition) is 1. The molecule has 0 spiro atoms. The summed E-state index contributed by atoms with van der Waals surface area (Å²) in [5.41, 5.74) is 1.30. The maximum atomic E-state index is 12.2. The summed E-state index contributed by atoms with van der Waals surface area (Å²) >= 11 is 1.80. The highest BCUT2D eigenvalue weighted by molar-refractivity contribution is 7.98. The molecule has 1 aromatic rings. The van der Waals surface area contributed by atoms with Crippen LogP contribution in [0.2, 0.25) is 0 Å². The van der Waals surface area contributed by atoms with Gasteiger partial charge in [0.05, 0.1) is 27.2 Å². The number of nitrogens with zero attached hydrogens (tertiary/aromatic N) is 2. The van der Waals surface area contributed by atoms with Gasteiger partial charge in [0.2, 0.25) is 5.91 Å². The number of hydrogen-bond acceptors (Lipinski definition) is 3. The molecule has 0 radical (unpaired) electrons. The van der Waals surface area contributed by atoms with Crippen LogP contribution in [0.1, 0.15) is 12.0 Å². The van der Waals surface area contributed by atoms with E-state index in [0.717, 1.165) is 24.5 Å². The number of benzene rings is 1. The van der Waals surface area contributed by atoms with Gasteiger partial charge < -0.3 is 27.1 Å². The summed E-state index contributed by atoms with van der Waals surface area (Å²) < 4.78 is 0.701. The normalized spacial score (nSPS) is 16.7. The number of carbonyl (C=O) groups is 2. The molecule has 2 amide bonds. The van der Waals surface area contributed by atoms with Gasteiger partial charge in [0.1, 0.15) is 0 Å². The van der Waals surface area contributed by atoms with Crippen LogP contribution in [0, 0.1) is 0 Å². The third-order valence-corrected chi connectivity index (χ3v) is 5.15. The number of likely N-dealkylation sites (N-methyl/N-ethyl adjacent to an activating group) is 1. The van der Waals surface area contributed by atoms with E-state index in [9.17, 15) is 9.59 Å². The zero-order chi connectivity index (χ0) is 17.4. The highest BCUT2D eigenvalue weighted by Gasteiger charge is 2.29. The van der Waals surface area contributed by atoms with Crippen LogP contribution < -0.4 is 17.7 Å². The molecular formula is C18H28ClN3O2S. The van der Waals surface area contributed by atoms with E-state index in [2.05, 4.69) is 31.5 Å². The molecular weight excluding hydrogens is 358 g/mol. The average molecular weight is 386 g/mol. The zero-order valence-corrected chi connectivity index (χ0v) is 16.6. The van der Waals surface area contributed by atoms with E-state index in [-0.39, 0.29) is 30.8 Å². The molecule has 5 nitrogen and oxygen atoms in total. The summed E-state index contributed by atoms with van der Waals surface area (Å²) in [5, 5.41) is 2.92. The van der Waals surface area contributed by atoms with Gasteiger partial charge in [0.25, 0.3) is 5.91 Å². The number of halogens is 1. The lowest BCUT2D eigenvalue weighted by Gasteiger charge is -2.26. The topological polar surface area (TPSA) is 49.4 Å². The van der Waals surface area contributed by atoms with Crippen molar-refractivity contribution in [3.63, 3.8) is 0 Å². The zero-order valence-electron chi connectivity index (χ0n) is 15.0. The first-order chi connectivity index (χ1) is 11.5. The van der Waals surface area contributed by atoms with Gasteiger partial charge in [0.15, 0.2) is 6.54 Å². The van der Waals surface area contributed by atoms with Crippen molar-refractivity contribution in [2.24, 2.45) is 0 Å². The first-order valence-electron chi connectivity index (χ1n) is 8.44. The summed E-state index contributed by atoms with van der Waals surface area (Å²) in [6.45, 7) is 2.94. The lowest BCUT2D eigenvalue weighted by Crippen LogP contribution is -3.00. The third-order valence-electron chi connectivity index (χ3n) is 4.12. The van der Waals surface area contributed by atoms with Gasteiger partial charge in [-0.2, -0.15) is 11.8 Å². The van der Waals surface area contributed by atoms with Gasteiger partial charge in [-0.1, -0.05) is 30.3 Å². The lowest BCUT2D eigenvalue weighted by atomic mass is 10.2. The van der Waals surface area contributed by atoms with Gasteiger partial charge in [-0.15, -0.1) is 0 Å². The fourth-order valence-electron chi connectivity index (χ4n) is 2.78. The molecule has 1 heterocycles. The first-order valence-corrected chi connectivity index (χ1v) is 9.60. The minimum atomic E-state index is -0.0594. The standard InChI is InChI=1S/C18H27N3O2S.ClH/c1-21(2)11-6-10-20(18(23)14-21)13-17(22)19-9-12-24-15-16-7-4-3-5-8-16;/h3-5,7-8H,6,9-15H2,1-2H3;1H. The Morgan fingerprint density at radius 2 is 2.00 bits per heavy atom. The van der Waals surface area contributed by atoms with Crippen LogP contribution in [0.15, 0.2) is 30.3 Å². The number of thioether (sulfide) groups is 1. The summed E-state index contributed by atoms with van der Waals surface area (Å²) in [6, 6.07) is 10.3. The number of rotatable bonds is 7. The Kier molecular flexibility index (Phi) is 9.32. The van der Waals surface area contributed by atoms with Gasteiger partial charge >= 0.3 is 0 Å². The lowest BCUT2D eigenvalue weighted by molar-refractivity contribution is -0.881. The van der Waals surface area contributed by atoms with E-state index in [1.807, 2.05) is 18.2 Å². The Hall–Kier alpha value is -1.24. The molecule has 2 rings (SSSR count). The van der Waals surface area contributed by atoms with Crippen LogP contribution in [0.4, 0.5) is 0 Å². The second kappa shape index (κ2) is 10.7. The Morgan fingerprint density at radius 1 is 1.28 bits per heavy atom. The van der Waals surface area contributed by atoms with E-state index in [4.69, 9.17) is 0 Å². The average Bonchev–Trinajstić information content (AvgIpc) is 2.66. The molecule has 1 aliphatic rings. The highest BCUT2D eigenvalue weighted by atomic mass is 35.5. The first kappa shape index (κ1) is 21.8. The Balaban J connectivity index is 0.00000312. The van der Waals surface area contributed by atoms with Crippen LogP contribution in [-0.4, -0.2) is 73.8 Å². The van der Waals surface area contributed by atoms with Crippen molar-refractivity contribution in [2.45, 2.75) is 12.2 Å². The van der Waals surface area contributed by atoms with Gasteiger partial charge in [0, 0.05) is 31.0 Å². The van der Waals surface area contributed by atoms with Crippen molar-refractivity contribution >= 4 is 23.6 Å². The van der Waals surface area contributed by atoms with Crippen molar-refractivity contribution in [1.82, 2.24) is 10.2 Å². The fourth-order valence-corrected chi connectivity index (χ4v) is 3.60. The summed E-state index contributed by atoms with van der Waals surface area (Å²) in [6.07, 6.45) is 0.943. The van der Waals surface area contributed by atoms with Gasteiger partial charge in [-0.25, -0.2) is 0 Å². The molecule has 0 atom stereocenters. The molecule has 7 heteroatoms. The fraction of sp³-hybridized carbons (Fsp3) is 0.556. The predicted octanol–water partition coefficient (Wildman–Crippen LogP) is -1.65. The van der Waals surface area contributed by atoms with Crippen molar-refractivity contribution in [3.8, 4) is 0 Å². The van der Waals surface area contributed by atoms with Crippen molar-refractivity contribution in [1.29, 1.82) is 0 Å². The Bertz CT molecular complexity index is 555. The Morgan fingerprint density at radius 3 is 2.72 bits per heavy atom. The molecule has 0 unspecified atom stereocenters. The number of amides is 2. The van der Waals surface area contributed by atoms with E-state index < -0.39 is 0 Å². The second-order valence-electron chi connectivity index (χ2n) is 6.87. The maximum absolute atomic E-state index is 12.2.